The maximum Gasteiger partial charge on any atom is 0.247 e. The number of hydrogen-bond donors (Lipinski definition) is 0. The van der Waals surface area contributed by atoms with Crippen LogP contribution in [0.3, 0.4) is 0 Å². The molecular formula is C25H31ClN4O4S2. The van der Waals surface area contributed by atoms with Crippen molar-refractivity contribution in [3.05, 3.63) is 47.5 Å². The summed E-state index contributed by atoms with van der Waals surface area (Å²) in [6.45, 7) is 3.94. The number of anilines is 1. The van der Waals surface area contributed by atoms with E-state index in [1.54, 1.807) is 17.0 Å². The molecule has 194 valence electrons. The predicted molar refractivity (Wildman–Crippen MR) is 145 cm³/mol. The van der Waals surface area contributed by atoms with Crippen LogP contribution in [0.4, 0.5) is 5.13 Å². The minimum atomic E-state index is -3.86. The van der Waals surface area contributed by atoms with Gasteiger partial charge >= 0.3 is 0 Å². The van der Waals surface area contributed by atoms with Crippen molar-refractivity contribution in [3.63, 3.8) is 0 Å². The molecule has 0 bridgehead atoms. The molecule has 0 saturated carbocycles. The molecular weight excluding hydrogens is 520 g/mol. The highest BCUT2D eigenvalue weighted by Crippen LogP contribution is 2.36. The number of amides is 1. The van der Waals surface area contributed by atoms with E-state index >= 15 is 0 Å². The molecule has 1 aliphatic rings. The van der Waals surface area contributed by atoms with Gasteiger partial charge in [0.1, 0.15) is 17.3 Å². The quantitative estimate of drug-likeness (QED) is 0.370. The first kappa shape index (κ1) is 26.8. The number of ether oxygens (including phenoxy) is 1. The van der Waals surface area contributed by atoms with Crippen LogP contribution in [0.5, 0.6) is 5.75 Å². The highest BCUT2D eigenvalue weighted by molar-refractivity contribution is 7.89. The summed E-state index contributed by atoms with van der Waals surface area (Å²) in [6.07, 6.45) is 1.80. The van der Waals surface area contributed by atoms with Crippen molar-refractivity contribution in [2.45, 2.75) is 37.1 Å². The number of hydrogen-bond acceptors (Lipinski definition) is 7. The summed E-state index contributed by atoms with van der Waals surface area (Å²) in [6, 6.07) is 11.0. The maximum absolute atomic E-state index is 14.0. The summed E-state index contributed by atoms with van der Waals surface area (Å²) in [5.74, 6) is 0.423. The van der Waals surface area contributed by atoms with Crippen LogP contribution < -0.4 is 9.64 Å². The van der Waals surface area contributed by atoms with E-state index in [0.29, 0.717) is 54.0 Å². The number of nitrogens with zero attached hydrogens (tertiary/aromatic N) is 4. The fraction of sp³-hybridized carbons (Fsp3) is 0.440. The van der Waals surface area contributed by atoms with Gasteiger partial charge in [-0.1, -0.05) is 29.0 Å². The zero-order valence-corrected chi connectivity index (χ0v) is 23.1. The van der Waals surface area contributed by atoms with E-state index in [-0.39, 0.29) is 10.8 Å². The molecule has 4 rings (SSSR count). The summed E-state index contributed by atoms with van der Waals surface area (Å²) in [5.41, 5.74) is 0.710. The van der Waals surface area contributed by atoms with E-state index in [9.17, 15) is 13.2 Å². The number of fused-ring (bicyclic) bond motifs is 1. The summed E-state index contributed by atoms with van der Waals surface area (Å²) in [7, 11) is 0.107. The van der Waals surface area contributed by atoms with E-state index in [2.05, 4.69) is 4.90 Å². The minimum absolute atomic E-state index is 0.132. The predicted octanol–water partition coefficient (Wildman–Crippen LogP) is 4.49. The number of aromatic nitrogens is 1. The Morgan fingerprint density at radius 3 is 2.64 bits per heavy atom. The van der Waals surface area contributed by atoms with Crippen LogP contribution in [0.2, 0.25) is 5.02 Å². The van der Waals surface area contributed by atoms with Gasteiger partial charge in [-0.2, -0.15) is 4.31 Å². The molecule has 2 aromatic carbocycles. The van der Waals surface area contributed by atoms with Crippen LogP contribution in [0.1, 0.15) is 26.2 Å². The van der Waals surface area contributed by atoms with E-state index in [0.717, 1.165) is 17.7 Å². The second kappa shape index (κ2) is 11.4. The van der Waals surface area contributed by atoms with Crippen LogP contribution in [0, 0.1) is 0 Å². The normalized spacial score (nSPS) is 16.6. The van der Waals surface area contributed by atoms with Crippen LogP contribution >= 0.6 is 22.9 Å². The molecule has 3 aromatic rings. The zero-order valence-electron chi connectivity index (χ0n) is 20.7. The molecule has 11 heteroatoms. The Morgan fingerprint density at radius 2 is 1.94 bits per heavy atom. The fourth-order valence-corrected chi connectivity index (χ4v) is 7.13. The number of sulfonamides is 1. The lowest BCUT2D eigenvalue weighted by molar-refractivity contribution is -0.121. The number of benzene rings is 2. The Morgan fingerprint density at radius 1 is 1.19 bits per heavy atom. The molecule has 0 N–H and O–H groups in total. The van der Waals surface area contributed by atoms with Crippen molar-refractivity contribution >= 4 is 54.2 Å². The molecule has 2 heterocycles. The average Bonchev–Trinajstić information content (AvgIpc) is 3.50. The Balaban J connectivity index is 1.67. The first-order valence-corrected chi connectivity index (χ1v) is 14.6. The number of carbonyl (C=O) groups excluding carboxylic acids is 1. The van der Waals surface area contributed by atoms with E-state index < -0.39 is 16.1 Å². The van der Waals surface area contributed by atoms with Crippen molar-refractivity contribution in [3.8, 4) is 5.75 Å². The lowest BCUT2D eigenvalue weighted by Crippen LogP contribution is -2.48. The van der Waals surface area contributed by atoms with Crippen LogP contribution in [-0.4, -0.2) is 74.9 Å². The van der Waals surface area contributed by atoms with E-state index in [1.165, 1.54) is 27.8 Å². The molecule has 0 spiro atoms. The molecule has 0 radical (unpaired) electrons. The average molecular weight is 551 g/mol. The van der Waals surface area contributed by atoms with Crippen molar-refractivity contribution in [1.29, 1.82) is 0 Å². The summed E-state index contributed by atoms with van der Waals surface area (Å²) in [4.78, 5) is 22.6. The number of thiazole rings is 1. The number of halogens is 1. The molecule has 36 heavy (non-hydrogen) atoms. The smallest absolute Gasteiger partial charge is 0.247 e. The van der Waals surface area contributed by atoms with Gasteiger partial charge in [-0.05, 0) is 83.2 Å². The standard InChI is InChI=1S/C25H31ClN4O4S2/c1-4-34-21-9-5-10-22-23(21)27-25(35-22)29(16-7-15-28(2)3)24(31)20-8-6-17-30(20)36(32,33)19-13-11-18(26)12-14-19/h5,9-14,20H,4,6-8,15-17H2,1-3H3. The van der Waals surface area contributed by atoms with Gasteiger partial charge in [0.25, 0.3) is 0 Å². The van der Waals surface area contributed by atoms with Gasteiger partial charge in [-0.15, -0.1) is 0 Å². The molecule has 1 aromatic heterocycles. The summed E-state index contributed by atoms with van der Waals surface area (Å²) < 4.78 is 34.9. The number of para-hydroxylation sites is 1. The summed E-state index contributed by atoms with van der Waals surface area (Å²) >= 11 is 7.37. The molecule has 8 nitrogen and oxygen atoms in total. The van der Waals surface area contributed by atoms with Crippen LogP contribution in [0.15, 0.2) is 47.4 Å². The van der Waals surface area contributed by atoms with Crippen LogP contribution in [0.25, 0.3) is 10.2 Å². The Labute approximate surface area is 221 Å². The van der Waals surface area contributed by atoms with Gasteiger partial charge in [-0.25, -0.2) is 13.4 Å². The van der Waals surface area contributed by atoms with Gasteiger partial charge in [0.05, 0.1) is 16.2 Å². The molecule has 1 amide bonds. The molecule has 0 aliphatic carbocycles. The molecule has 1 saturated heterocycles. The largest absolute Gasteiger partial charge is 0.492 e. The molecule has 1 unspecified atom stereocenters. The Bertz CT molecular complexity index is 1310. The first-order valence-electron chi connectivity index (χ1n) is 12.0. The monoisotopic (exact) mass is 550 g/mol. The number of rotatable bonds is 10. The minimum Gasteiger partial charge on any atom is -0.492 e. The van der Waals surface area contributed by atoms with Gasteiger partial charge in [-0.3, -0.25) is 9.69 Å². The first-order chi connectivity index (χ1) is 17.2. The van der Waals surface area contributed by atoms with Gasteiger partial charge in [0.15, 0.2) is 5.13 Å². The molecule has 1 aliphatic heterocycles. The van der Waals surface area contributed by atoms with Gasteiger partial charge in [0.2, 0.25) is 15.9 Å². The lowest BCUT2D eigenvalue weighted by atomic mass is 10.2. The highest BCUT2D eigenvalue weighted by atomic mass is 35.5. The van der Waals surface area contributed by atoms with Gasteiger partial charge < -0.3 is 9.64 Å². The Hall–Kier alpha value is -2.24. The van der Waals surface area contributed by atoms with Gasteiger partial charge in [0, 0.05) is 18.1 Å². The third-order valence-corrected chi connectivity index (χ3v) is 9.28. The van der Waals surface area contributed by atoms with E-state index in [1.807, 2.05) is 39.2 Å². The Kier molecular flexibility index (Phi) is 8.52. The van der Waals surface area contributed by atoms with Crippen molar-refractivity contribution < 1.29 is 17.9 Å². The van der Waals surface area contributed by atoms with E-state index in [4.69, 9.17) is 21.3 Å². The van der Waals surface area contributed by atoms with Crippen molar-refractivity contribution in [1.82, 2.24) is 14.2 Å². The zero-order chi connectivity index (χ0) is 25.9. The third-order valence-electron chi connectivity index (χ3n) is 6.06. The molecule has 1 fully saturated rings. The van der Waals surface area contributed by atoms with Crippen LogP contribution in [-0.2, 0) is 14.8 Å². The van der Waals surface area contributed by atoms with Crippen molar-refractivity contribution in [2.24, 2.45) is 0 Å². The second-order valence-electron chi connectivity index (χ2n) is 8.91. The SMILES string of the molecule is CCOc1cccc2sc(N(CCCN(C)C)C(=O)C3CCCN3S(=O)(=O)c3ccc(Cl)cc3)nc12. The lowest BCUT2D eigenvalue weighted by Gasteiger charge is -2.29. The summed E-state index contributed by atoms with van der Waals surface area (Å²) in [5, 5.41) is 1.01. The third kappa shape index (κ3) is 5.68. The fourth-order valence-electron chi connectivity index (χ4n) is 4.34. The number of carbonyl (C=O) groups is 1. The maximum atomic E-state index is 14.0. The van der Waals surface area contributed by atoms with Crippen molar-refractivity contribution in [2.75, 3.05) is 45.2 Å². The molecule has 1 atom stereocenters. The highest BCUT2D eigenvalue weighted by Gasteiger charge is 2.42. The second-order valence-corrected chi connectivity index (χ2v) is 12.2. The topological polar surface area (TPSA) is 83.0 Å².